The van der Waals surface area contributed by atoms with Crippen LogP contribution in [0.4, 0.5) is 0 Å². The van der Waals surface area contributed by atoms with Gasteiger partial charge in [-0.2, -0.15) is 0 Å². The Hall–Kier alpha value is -0.120. The standard InChI is InChI=1S/C6H13NO2/c8-4-2-6(9)1-3-7-5-6/h7-9H,1-5H2/t6-/m1/s1. The summed E-state index contributed by atoms with van der Waals surface area (Å²) in [6.07, 6.45) is 1.27. The largest absolute Gasteiger partial charge is 0.396 e. The van der Waals surface area contributed by atoms with Gasteiger partial charge in [0.05, 0.1) is 5.60 Å². The lowest BCUT2D eigenvalue weighted by atomic mass is 10.00. The molecule has 1 rings (SSSR count). The Morgan fingerprint density at radius 2 is 2.33 bits per heavy atom. The van der Waals surface area contributed by atoms with Gasteiger partial charge in [-0.15, -0.1) is 0 Å². The first kappa shape index (κ1) is 6.99. The van der Waals surface area contributed by atoms with Crippen LogP contribution >= 0.6 is 0 Å². The second kappa shape index (κ2) is 2.64. The number of β-amino-alcohol motifs (C(OH)–C–C–N with tert-alkyl or cyclic N) is 1. The molecule has 1 heterocycles. The van der Waals surface area contributed by atoms with Gasteiger partial charge in [-0.3, -0.25) is 0 Å². The molecule has 0 aromatic carbocycles. The van der Waals surface area contributed by atoms with E-state index in [-0.39, 0.29) is 6.61 Å². The van der Waals surface area contributed by atoms with Gasteiger partial charge in [0.25, 0.3) is 0 Å². The summed E-state index contributed by atoms with van der Waals surface area (Å²) in [6.45, 7) is 1.59. The summed E-state index contributed by atoms with van der Waals surface area (Å²) in [5, 5.41) is 21.0. The third-order valence-corrected chi connectivity index (χ3v) is 1.80. The predicted octanol–water partition coefficient (Wildman–Crippen LogP) is -0.907. The minimum atomic E-state index is -0.616. The van der Waals surface area contributed by atoms with Crippen LogP contribution in [0.1, 0.15) is 12.8 Å². The molecular weight excluding hydrogens is 118 g/mol. The fraction of sp³-hybridized carbons (Fsp3) is 1.00. The number of nitrogens with one attached hydrogen (secondary N) is 1. The van der Waals surface area contributed by atoms with Gasteiger partial charge in [-0.25, -0.2) is 0 Å². The van der Waals surface area contributed by atoms with Crippen LogP contribution in [-0.2, 0) is 0 Å². The van der Waals surface area contributed by atoms with Crippen molar-refractivity contribution in [2.24, 2.45) is 0 Å². The molecule has 3 N–H and O–H groups in total. The Bertz CT molecular complexity index is 89.1. The average Bonchev–Trinajstić information content (AvgIpc) is 2.16. The lowest BCUT2D eigenvalue weighted by Crippen LogP contribution is -2.32. The van der Waals surface area contributed by atoms with Crippen LogP contribution < -0.4 is 5.32 Å². The molecule has 0 saturated carbocycles. The molecule has 0 aromatic rings. The maximum absolute atomic E-state index is 9.47. The lowest BCUT2D eigenvalue weighted by Gasteiger charge is -2.18. The molecule has 1 aliphatic rings. The molecule has 1 saturated heterocycles. The number of rotatable bonds is 2. The van der Waals surface area contributed by atoms with Gasteiger partial charge in [-0.05, 0) is 13.0 Å². The van der Waals surface area contributed by atoms with Crippen molar-refractivity contribution in [1.29, 1.82) is 0 Å². The molecule has 1 fully saturated rings. The van der Waals surface area contributed by atoms with Crippen LogP contribution in [0.25, 0.3) is 0 Å². The van der Waals surface area contributed by atoms with Crippen molar-refractivity contribution in [3.63, 3.8) is 0 Å². The fourth-order valence-corrected chi connectivity index (χ4v) is 1.15. The second-order valence-corrected chi connectivity index (χ2v) is 2.62. The molecule has 54 valence electrons. The Morgan fingerprint density at radius 3 is 2.78 bits per heavy atom. The zero-order valence-electron chi connectivity index (χ0n) is 5.43. The molecule has 0 spiro atoms. The Labute approximate surface area is 54.7 Å². The van der Waals surface area contributed by atoms with E-state index in [4.69, 9.17) is 5.11 Å². The van der Waals surface area contributed by atoms with Crippen molar-refractivity contribution >= 4 is 0 Å². The van der Waals surface area contributed by atoms with Crippen molar-refractivity contribution in [3.05, 3.63) is 0 Å². The highest BCUT2D eigenvalue weighted by Crippen LogP contribution is 2.17. The van der Waals surface area contributed by atoms with Gasteiger partial charge in [0.2, 0.25) is 0 Å². The van der Waals surface area contributed by atoms with E-state index in [1.165, 1.54) is 0 Å². The van der Waals surface area contributed by atoms with E-state index >= 15 is 0 Å². The molecule has 0 radical (unpaired) electrons. The van der Waals surface area contributed by atoms with Gasteiger partial charge in [-0.1, -0.05) is 0 Å². The summed E-state index contributed by atoms with van der Waals surface area (Å²) in [7, 11) is 0. The average molecular weight is 131 g/mol. The van der Waals surface area contributed by atoms with Crippen LogP contribution in [-0.4, -0.2) is 35.5 Å². The molecule has 1 atom stereocenters. The Balaban J connectivity index is 2.32. The summed E-state index contributed by atoms with van der Waals surface area (Å²) in [5.74, 6) is 0. The zero-order chi connectivity index (χ0) is 6.74. The molecule has 1 aliphatic heterocycles. The topological polar surface area (TPSA) is 52.5 Å². The van der Waals surface area contributed by atoms with Crippen LogP contribution in [0.3, 0.4) is 0 Å². The lowest BCUT2D eigenvalue weighted by molar-refractivity contribution is 0.0348. The van der Waals surface area contributed by atoms with Crippen LogP contribution in [0.5, 0.6) is 0 Å². The molecule has 0 unspecified atom stereocenters. The predicted molar refractivity (Wildman–Crippen MR) is 34.1 cm³/mol. The highest BCUT2D eigenvalue weighted by molar-refractivity contribution is 4.86. The van der Waals surface area contributed by atoms with E-state index in [1.807, 2.05) is 0 Å². The smallest absolute Gasteiger partial charge is 0.0805 e. The van der Waals surface area contributed by atoms with E-state index in [0.717, 1.165) is 13.0 Å². The summed E-state index contributed by atoms with van der Waals surface area (Å²) in [5.41, 5.74) is -0.616. The van der Waals surface area contributed by atoms with Gasteiger partial charge in [0, 0.05) is 19.6 Å². The molecule has 0 aliphatic carbocycles. The van der Waals surface area contributed by atoms with Crippen LogP contribution in [0.2, 0.25) is 0 Å². The van der Waals surface area contributed by atoms with Crippen molar-refractivity contribution in [1.82, 2.24) is 5.32 Å². The molecule has 3 heteroatoms. The zero-order valence-corrected chi connectivity index (χ0v) is 5.43. The normalized spacial score (nSPS) is 35.3. The maximum atomic E-state index is 9.47. The maximum Gasteiger partial charge on any atom is 0.0805 e. The Kier molecular flexibility index (Phi) is 2.05. The summed E-state index contributed by atoms with van der Waals surface area (Å²) >= 11 is 0. The van der Waals surface area contributed by atoms with E-state index in [0.29, 0.717) is 13.0 Å². The van der Waals surface area contributed by atoms with Crippen molar-refractivity contribution < 1.29 is 10.2 Å². The molecule has 9 heavy (non-hydrogen) atoms. The fourth-order valence-electron chi connectivity index (χ4n) is 1.15. The van der Waals surface area contributed by atoms with E-state index in [1.54, 1.807) is 0 Å². The molecular formula is C6H13NO2. The third-order valence-electron chi connectivity index (χ3n) is 1.80. The SMILES string of the molecule is OCC[C@]1(O)CCNC1. The monoisotopic (exact) mass is 131 g/mol. The van der Waals surface area contributed by atoms with Crippen LogP contribution in [0, 0.1) is 0 Å². The number of hydrogen-bond acceptors (Lipinski definition) is 3. The van der Waals surface area contributed by atoms with Gasteiger partial charge < -0.3 is 15.5 Å². The van der Waals surface area contributed by atoms with Gasteiger partial charge in [0.15, 0.2) is 0 Å². The number of aliphatic hydroxyl groups is 2. The van der Waals surface area contributed by atoms with Crippen molar-refractivity contribution in [3.8, 4) is 0 Å². The second-order valence-electron chi connectivity index (χ2n) is 2.62. The molecule has 0 aromatic heterocycles. The van der Waals surface area contributed by atoms with Gasteiger partial charge >= 0.3 is 0 Å². The van der Waals surface area contributed by atoms with E-state index < -0.39 is 5.60 Å². The minimum absolute atomic E-state index is 0.0815. The first-order valence-electron chi connectivity index (χ1n) is 3.31. The first-order valence-corrected chi connectivity index (χ1v) is 3.31. The first-order chi connectivity index (χ1) is 4.27. The third kappa shape index (κ3) is 1.64. The van der Waals surface area contributed by atoms with Gasteiger partial charge in [0.1, 0.15) is 0 Å². The summed E-state index contributed by atoms with van der Waals surface area (Å²) < 4.78 is 0. The van der Waals surface area contributed by atoms with E-state index in [2.05, 4.69) is 5.32 Å². The molecule has 3 nitrogen and oxygen atoms in total. The van der Waals surface area contributed by atoms with Crippen molar-refractivity contribution in [2.45, 2.75) is 18.4 Å². The molecule has 0 amide bonds. The number of hydrogen-bond donors (Lipinski definition) is 3. The van der Waals surface area contributed by atoms with Crippen LogP contribution in [0.15, 0.2) is 0 Å². The quantitative estimate of drug-likeness (QED) is 0.455. The minimum Gasteiger partial charge on any atom is -0.396 e. The summed E-state index contributed by atoms with van der Waals surface area (Å²) in [4.78, 5) is 0. The molecule has 0 bridgehead atoms. The Morgan fingerprint density at radius 1 is 1.56 bits per heavy atom. The summed E-state index contributed by atoms with van der Waals surface area (Å²) in [6, 6.07) is 0. The van der Waals surface area contributed by atoms with Crippen molar-refractivity contribution in [2.75, 3.05) is 19.7 Å². The number of aliphatic hydroxyl groups excluding tert-OH is 1. The van der Waals surface area contributed by atoms with E-state index in [9.17, 15) is 5.11 Å². The highest BCUT2D eigenvalue weighted by Gasteiger charge is 2.29. The highest BCUT2D eigenvalue weighted by atomic mass is 16.3.